The molecule has 4 heteroatoms. The van der Waals surface area contributed by atoms with E-state index in [0.717, 1.165) is 51.2 Å². The smallest absolute Gasteiger partial charge is 0.230 e. The van der Waals surface area contributed by atoms with Gasteiger partial charge in [-0.1, -0.05) is 31.0 Å². The molecule has 3 aliphatic rings. The molecule has 0 unspecified atom stereocenters. The molecule has 1 N–H and O–H groups in total. The maximum atomic E-state index is 13.3. The van der Waals surface area contributed by atoms with E-state index in [4.69, 9.17) is 4.74 Å². The Morgan fingerprint density at radius 2 is 1.92 bits per heavy atom. The molecule has 2 heterocycles. The summed E-state index contributed by atoms with van der Waals surface area (Å²) in [5.74, 6) is 1.90. The highest BCUT2D eigenvalue weighted by Gasteiger charge is 2.51. The van der Waals surface area contributed by atoms with Gasteiger partial charge in [-0.25, -0.2) is 0 Å². The first-order valence-electron chi connectivity index (χ1n) is 9.50. The highest BCUT2D eigenvalue weighted by molar-refractivity contribution is 5.84. The van der Waals surface area contributed by atoms with Gasteiger partial charge in [0.1, 0.15) is 11.9 Å². The normalized spacial score (nSPS) is 30.8. The zero-order chi connectivity index (χ0) is 16.4. The van der Waals surface area contributed by atoms with Gasteiger partial charge in [0.05, 0.1) is 5.41 Å². The molecule has 1 saturated carbocycles. The molecule has 1 aromatic carbocycles. The number of ether oxygens (including phenoxy) is 1. The third kappa shape index (κ3) is 2.92. The molecule has 0 aromatic heterocycles. The van der Waals surface area contributed by atoms with E-state index in [2.05, 4.69) is 10.2 Å². The minimum Gasteiger partial charge on any atom is -0.490 e. The monoisotopic (exact) mass is 328 g/mol. The zero-order valence-corrected chi connectivity index (χ0v) is 14.4. The van der Waals surface area contributed by atoms with Crippen molar-refractivity contribution in [2.45, 2.75) is 44.6 Å². The van der Waals surface area contributed by atoms with Crippen LogP contribution in [0.2, 0.25) is 0 Å². The second-order valence-corrected chi connectivity index (χ2v) is 7.65. The first-order valence-corrected chi connectivity index (χ1v) is 9.50. The standard InChI is InChI=1S/C20H28N2O2/c23-19(20-11-5-4-6-16(20)14-21-15-20)22-12-9-18(10-13-22)24-17-7-2-1-3-8-17/h1-3,7-8,16,18,21H,4-6,9-15H2/t16-,20+/m0/s1. The van der Waals surface area contributed by atoms with Crippen molar-refractivity contribution in [1.82, 2.24) is 10.2 Å². The molecule has 2 atom stereocenters. The number of amides is 1. The summed E-state index contributed by atoms with van der Waals surface area (Å²) in [6.45, 7) is 3.59. The largest absolute Gasteiger partial charge is 0.490 e. The van der Waals surface area contributed by atoms with Crippen LogP contribution in [0.25, 0.3) is 0 Å². The number of nitrogens with zero attached hydrogens (tertiary/aromatic N) is 1. The van der Waals surface area contributed by atoms with Crippen LogP contribution in [0.1, 0.15) is 38.5 Å². The second kappa shape index (κ2) is 6.75. The van der Waals surface area contributed by atoms with E-state index < -0.39 is 0 Å². The summed E-state index contributed by atoms with van der Waals surface area (Å²) in [6.07, 6.45) is 6.89. The third-order valence-electron chi connectivity index (χ3n) is 6.24. The average molecular weight is 328 g/mol. The van der Waals surface area contributed by atoms with Gasteiger partial charge in [-0.2, -0.15) is 0 Å². The van der Waals surface area contributed by atoms with Crippen molar-refractivity contribution in [3.8, 4) is 5.75 Å². The van der Waals surface area contributed by atoms with Crippen molar-refractivity contribution in [3.63, 3.8) is 0 Å². The fourth-order valence-electron chi connectivity index (χ4n) is 4.85. The molecule has 0 bridgehead atoms. The number of fused-ring (bicyclic) bond motifs is 1. The van der Waals surface area contributed by atoms with Gasteiger partial charge in [0.2, 0.25) is 5.91 Å². The first-order chi connectivity index (χ1) is 11.8. The summed E-state index contributed by atoms with van der Waals surface area (Å²) in [7, 11) is 0. The molecule has 4 nitrogen and oxygen atoms in total. The number of carbonyl (C=O) groups excluding carboxylic acids is 1. The predicted octanol–water partition coefficient (Wildman–Crippen LogP) is 2.84. The van der Waals surface area contributed by atoms with E-state index >= 15 is 0 Å². The van der Waals surface area contributed by atoms with Crippen molar-refractivity contribution in [2.24, 2.45) is 11.3 Å². The molecule has 1 aromatic rings. The number of benzene rings is 1. The molecule has 1 aliphatic carbocycles. The van der Waals surface area contributed by atoms with E-state index in [1.54, 1.807) is 0 Å². The third-order valence-corrected chi connectivity index (χ3v) is 6.24. The minimum absolute atomic E-state index is 0.106. The highest BCUT2D eigenvalue weighted by atomic mass is 16.5. The van der Waals surface area contributed by atoms with Gasteiger partial charge in [0, 0.05) is 32.5 Å². The SMILES string of the molecule is O=C(N1CCC(Oc2ccccc2)CC1)[C@@]12CCCC[C@H]1CNC2. The average Bonchev–Trinajstić information content (AvgIpc) is 3.08. The number of carbonyl (C=O) groups is 1. The molecule has 0 spiro atoms. The molecular formula is C20H28N2O2. The lowest BCUT2D eigenvalue weighted by molar-refractivity contribution is -0.147. The second-order valence-electron chi connectivity index (χ2n) is 7.65. The molecule has 24 heavy (non-hydrogen) atoms. The van der Waals surface area contributed by atoms with E-state index in [-0.39, 0.29) is 11.5 Å². The van der Waals surface area contributed by atoms with Crippen LogP contribution in [0.15, 0.2) is 30.3 Å². The van der Waals surface area contributed by atoms with Crippen molar-refractivity contribution >= 4 is 5.91 Å². The van der Waals surface area contributed by atoms with Crippen LogP contribution in [0.3, 0.4) is 0 Å². The Balaban J connectivity index is 1.36. The van der Waals surface area contributed by atoms with Crippen LogP contribution in [0.4, 0.5) is 0 Å². The number of hydrogen-bond donors (Lipinski definition) is 1. The number of piperidine rings is 1. The van der Waals surface area contributed by atoms with Gasteiger partial charge in [0.25, 0.3) is 0 Å². The quantitative estimate of drug-likeness (QED) is 0.928. The van der Waals surface area contributed by atoms with Gasteiger partial charge < -0.3 is 15.0 Å². The number of likely N-dealkylation sites (tertiary alicyclic amines) is 1. The van der Waals surface area contributed by atoms with E-state index in [9.17, 15) is 4.79 Å². The predicted molar refractivity (Wildman–Crippen MR) is 93.9 cm³/mol. The van der Waals surface area contributed by atoms with Gasteiger partial charge in [0.15, 0.2) is 0 Å². The molecule has 0 radical (unpaired) electrons. The summed E-state index contributed by atoms with van der Waals surface area (Å²) in [5, 5.41) is 3.49. The lowest BCUT2D eigenvalue weighted by Crippen LogP contribution is -2.52. The maximum absolute atomic E-state index is 13.3. The zero-order valence-electron chi connectivity index (χ0n) is 14.4. The fraction of sp³-hybridized carbons (Fsp3) is 0.650. The van der Waals surface area contributed by atoms with E-state index in [1.807, 2.05) is 30.3 Å². The number of rotatable bonds is 3. The molecule has 2 saturated heterocycles. The lowest BCUT2D eigenvalue weighted by atomic mass is 9.67. The van der Waals surface area contributed by atoms with Crippen molar-refractivity contribution in [2.75, 3.05) is 26.2 Å². The Kier molecular flexibility index (Phi) is 4.49. The molecular weight excluding hydrogens is 300 g/mol. The molecule has 4 rings (SSSR count). The topological polar surface area (TPSA) is 41.6 Å². The van der Waals surface area contributed by atoms with Gasteiger partial charge in [-0.05, 0) is 37.4 Å². The van der Waals surface area contributed by atoms with Gasteiger partial charge in [-0.3, -0.25) is 4.79 Å². The Bertz CT molecular complexity index is 568. The Labute approximate surface area is 144 Å². The first kappa shape index (κ1) is 15.9. The van der Waals surface area contributed by atoms with Crippen LogP contribution in [-0.4, -0.2) is 43.1 Å². The van der Waals surface area contributed by atoms with Crippen molar-refractivity contribution in [1.29, 1.82) is 0 Å². The molecule has 2 aliphatic heterocycles. The summed E-state index contributed by atoms with van der Waals surface area (Å²) in [6, 6.07) is 10.0. The maximum Gasteiger partial charge on any atom is 0.230 e. The van der Waals surface area contributed by atoms with Gasteiger partial charge >= 0.3 is 0 Å². The van der Waals surface area contributed by atoms with Crippen molar-refractivity contribution < 1.29 is 9.53 Å². The fourth-order valence-corrected chi connectivity index (χ4v) is 4.85. The lowest BCUT2D eigenvalue weighted by Gasteiger charge is -2.42. The van der Waals surface area contributed by atoms with Crippen LogP contribution in [0, 0.1) is 11.3 Å². The van der Waals surface area contributed by atoms with Crippen molar-refractivity contribution in [3.05, 3.63) is 30.3 Å². The number of hydrogen-bond acceptors (Lipinski definition) is 3. The van der Waals surface area contributed by atoms with Crippen LogP contribution >= 0.6 is 0 Å². The Morgan fingerprint density at radius 1 is 1.12 bits per heavy atom. The number of para-hydroxylation sites is 1. The minimum atomic E-state index is -0.106. The van der Waals surface area contributed by atoms with E-state index in [0.29, 0.717) is 11.8 Å². The highest BCUT2D eigenvalue weighted by Crippen LogP contribution is 2.45. The van der Waals surface area contributed by atoms with Crippen LogP contribution < -0.4 is 10.1 Å². The molecule has 130 valence electrons. The van der Waals surface area contributed by atoms with E-state index in [1.165, 1.54) is 19.3 Å². The van der Waals surface area contributed by atoms with Crippen LogP contribution in [0.5, 0.6) is 5.75 Å². The summed E-state index contributed by atoms with van der Waals surface area (Å²) < 4.78 is 6.06. The summed E-state index contributed by atoms with van der Waals surface area (Å²) in [5.41, 5.74) is -0.106. The number of nitrogens with one attached hydrogen (secondary N) is 1. The Morgan fingerprint density at radius 3 is 2.71 bits per heavy atom. The van der Waals surface area contributed by atoms with Gasteiger partial charge in [-0.15, -0.1) is 0 Å². The Hall–Kier alpha value is -1.55. The molecule has 1 amide bonds. The molecule has 3 fully saturated rings. The summed E-state index contributed by atoms with van der Waals surface area (Å²) >= 11 is 0. The summed E-state index contributed by atoms with van der Waals surface area (Å²) in [4.78, 5) is 15.4. The van der Waals surface area contributed by atoms with Crippen LogP contribution in [-0.2, 0) is 4.79 Å².